The van der Waals surface area contributed by atoms with E-state index < -0.39 is 17.6 Å². The second-order valence-corrected chi connectivity index (χ2v) is 7.52. The van der Waals surface area contributed by atoms with Gasteiger partial charge in [0, 0.05) is 30.0 Å². The van der Waals surface area contributed by atoms with Crippen molar-refractivity contribution in [2.75, 3.05) is 10.2 Å². The van der Waals surface area contributed by atoms with E-state index in [1.807, 2.05) is 19.1 Å². The fourth-order valence-corrected chi connectivity index (χ4v) is 3.18. The molecule has 0 radical (unpaired) electrons. The van der Waals surface area contributed by atoms with Gasteiger partial charge in [-0.15, -0.1) is 0 Å². The highest BCUT2D eigenvalue weighted by atomic mass is 19.4. The second kappa shape index (κ2) is 8.38. The number of pyridine rings is 1. The summed E-state index contributed by atoms with van der Waals surface area (Å²) in [6.45, 7) is 2.45. The molecule has 160 valence electrons. The lowest BCUT2D eigenvalue weighted by Crippen LogP contribution is -2.28. The van der Waals surface area contributed by atoms with Crippen LogP contribution in [0, 0.1) is 19.1 Å². The maximum Gasteiger partial charge on any atom is 0.416 e. The van der Waals surface area contributed by atoms with Gasteiger partial charge in [0.1, 0.15) is 0 Å². The van der Waals surface area contributed by atoms with E-state index in [1.165, 1.54) is 12.1 Å². The van der Waals surface area contributed by atoms with Gasteiger partial charge in [-0.05, 0) is 48.5 Å². The van der Waals surface area contributed by atoms with Gasteiger partial charge in [0.2, 0.25) is 0 Å². The molecular formula is C22H20F4N5+. The number of aromatic nitrogens is 3. The fourth-order valence-electron chi connectivity index (χ4n) is 3.18. The molecular weight excluding hydrogens is 410 g/mol. The molecule has 0 spiro atoms. The lowest BCUT2D eigenvalue weighted by Gasteiger charge is -2.21. The fraction of sp³-hybridized carbons (Fsp3) is 0.318. The zero-order chi connectivity index (χ0) is 22.0. The molecule has 0 unspecified atom stereocenters. The van der Waals surface area contributed by atoms with Crippen LogP contribution >= 0.6 is 0 Å². The van der Waals surface area contributed by atoms with E-state index in [0.717, 1.165) is 36.2 Å². The highest BCUT2D eigenvalue weighted by Crippen LogP contribution is 2.34. The summed E-state index contributed by atoms with van der Waals surface area (Å²) in [5.74, 6) is -0.511. The molecule has 1 N–H and O–H groups in total. The van der Waals surface area contributed by atoms with Crippen LogP contribution in [0.1, 0.15) is 35.2 Å². The van der Waals surface area contributed by atoms with E-state index in [-0.39, 0.29) is 24.2 Å². The quantitative estimate of drug-likeness (QED) is 0.572. The van der Waals surface area contributed by atoms with Crippen molar-refractivity contribution in [1.29, 1.82) is 0 Å². The van der Waals surface area contributed by atoms with Gasteiger partial charge >= 0.3 is 18.3 Å². The SMILES string of the molecule is Cc1ccc(CNc2[n+]#cnc(N(Cc3ccc(C(F)(F)F)cc3)C3CC3)c2F)cn1. The minimum absolute atomic E-state index is 0.0173. The summed E-state index contributed by atoms with van der Waals surface area (Å²) in [6, 6.07) is 8.71. The topological polar surface area (TPSA) is 55.2 Å². The molecule has 4 rings (SSSR count). The average Bonchev–Trinajstić information content (AvgIpc) is 3.58. The molecule has 1 saturated carbocycles. The molecule has 9 heteroatoms. The molecule has 2 heterocycles. The van der Waals surface area contributed by atoms with Crippen molar-refractivity contribution in [1.82, 2.24) is 9.97 Å². The molecule has 1 aliphatic rings. The summed E-state index contributed by atoms with van der Waals surface area (Å²) in [7, 11) is 0. The summed E-state index contributed by atoms with van der Waals surface area (Å²) in [6.07, 6.45) is 1.52. The molecule has 1 fully saturated rings. The number of nitrogens with zero attached hydrogens (tertiary/aromatic N) is 4. The predicted octanol–water partition coefficient (Wildman–Crippen LogP) is 4.12. The lowest BCUT2D eigenvalue weighted by molar-refractivity contribution is -0.282. The van der Waals surface area contributed by atoms with Crippen molar-refractivity contribution in [3.05, 3.63) is 77.1 Å². The predicted molar refractivity (Wildman–Crippen MR) is 106 cm³/mol. The zero-order valence-corrected chi connectivity index (χ0v) is 16.7. The molecule has 0 atom stereocenters. The van der Waals surface area contributed by atoms with Crippen LogP contribution < -0.4 is 15.2 Å². The number of benzene rings is 1. The number of anilines is 2. The Balaban J connectivity index is 1.52. The number of hydrogen-bond donors (Lipinski definition) is 1. The van der Waals surface area contributed by atoms with E-state index in [1.54, 1.807) is 11.1 Å². The third-order valence-electron chi connectivity index (χ3n) is 5.05. The van der Waals surface area contributed by atoms with Crippen LogP contribution in [0.15, 0.2) is 42.6 Å². The molecule has 0 aliphatic heterocycles. The molecule has 0 bridgehead atoms. The first-order valence-corrected chi connectivity index (χ1v) is 9.83. The Labute approximate surface area is 177 Å². The number of rotatable bonds is 7. The molecule has 0 saturated heterocycles. The number of aryl methyl sites for hydroxylation is 1. The number of hydrogen-bond acceptors (Lipinski definition) is 4. The van der Waals surface area contributed by atoms with Crippen LogP contribution in [-0.4, -0.2) is 16.0 Å². The van der Waals surface area contributed by atoms with Gasteiger partial charge < -0.3 is 4.90 Å². The second-order valence-electron chi connectivity index (χ2n) is 7.52. The Morgan fingerprint density at radius 2 is 1.84 bits per heavy atom. The molecule has 31 heavy (non-hydrogen) atoms. The highest BCUT2D eigenvalue weighted by molar-refractivity contribution is 5.50. The Kier molecular flexibility index (Phi) is 5.63. The Hall–Kier alpha value is -3.41. The van der Waals surface area contributed by atoms with Crippen LogP contribution in [0.25, 0.3) is 0 Å². The molecule has 1 aromatic carbocycles. The van der Waals surface area contributed by atoms with Gasteiger partial charge in [0.05, 0.1) is 12.1 Å². The summed E-state index contributed by atoms with van der Waals surface area (Å²) in [4.78, 5) is 13.9. The van der Waals surface area contributed by atoms with E-state index in [2.05, 4.69) is 26.6 Å². The van der Waals surface area contributed by atoms with Crippen LogP contribution in [-0.2, 0) is 19.3 Å². The van der Waals surface area contributed by atoms with Gasteiger partial charge in [0.15, 0.2) is 0 Å². The molecule has 1 aliphatic carbocycles. The van der Waals surface area contributed by atoms with E-state index in [4.69, 9.17) is 0 Å². The number of halogens is 4. The standard InChI is InChI=1S/C22H19F4N5/c1-14-2-3-16(10-27-14)11-28-20-19(23)21(30-13-29-20)31(18-8-9-18)12-15-4-6-17(7-5-15)22(24,25)26/h2-7,10,18H,8-9,11-12H2,1H3/p+1. The van der Waals surface area contributed by atoms with Crippen LogP contribution in [0.4, 0.5) is 29.2 Å². The van der Waals surface area contributed by atoms with Crippen LogP contribution in [0.3, 0.4) is 0 Å². The monoisotopic (exact) mass is 430 g/mol. The minimum Gasteiger partial charge on any atom is -0.332 e. The van der Waals surface area contributed by atoms with Crippen molar-refractivity contribution >= 4 is 11.6 Å². The molecule has 2 aromatic heterocycles. The third-order valence-corrected chi connectivity index (χ3v) is 5.05. The summed E-state index contributed by atoms with van der Waals surface area (Å²) >= 11 is 0. The minimum atomic E-state index is -4.39. The van der Waals surface area contributed by atoms with Crippen molar-refractivity contribution in [3.8, 4) is 0 Å². The van der Waals surface area contributed by atoms with Crippen molar-refractivity contribution < 1.29 is 22.5 Å². The first-order chi connectivity index (χ1) is 14.8. The van der Waals surface area contributed by atoms with E-state index in [9.17, 15) is 13.2 Å². The normalized spacial score (nSPS) is 13.6. The van der Waals surface area contributed by atoms with Gasteiger partial charge in [0.25, 0.3) is 11.6 Å². The smallest absolute Gasteiger partial charge is 0.332 e. The lowest BCUT2D eigenvalue weighted by atomic mass is 10.1. The van der Waals surface area contributed by atoms with Gasteiger partial charge in [-0.1, -0.05) is 18.2 Å². The van der Waals surface area contributed by atoms with E-state index in [0.29, 0.717) is 12.1 Å². The van der Waals surface area contributed by atoms with Gasteiger partial charge in [-0.2, -0.15) is 22.5 Å². The van der Waals surface area contributed by atoms with Crippen molar-refractivity contribution in [3.63, 3.8) is 0 Å². The summed E-state index contributed by atoms with van der Waals surface area (Å²) in [5.41, 5.74) is 1.68. The third kappa shape index (κ3) is 5.02. The highest BCUT2D eigenvalue weighted by Gasteiger charge is 2.36. The summed E-state index contributed by atoms with van der Waals surface area (Å²) in [5, 5.41) is 2.94. The van der Waals surface area contributed by atoms with Crippen LogP contribution in [0.5, 0.6) is 0 Å². The molecule has 3 aromatic rings. The first kappa shape index (κ1) is 20.8. The zero-order valence-electron chi connectivity index (χ0n) is 16.7. The van der Waals surface area contributed by atoms with Crippen molar-refractivity contribution in [2.45, 2.75) is 45.1 Å². The Morgan fingerprint density at radius 3 is 2.45 bits per heavy atom. The number of alkyl halides is 3. The maximum atomic E-state index is 15.2. The Morgan fingerprint density at radius 1 is 1.13 bits per heavy atom. The summed E-state index contributed by atoms with van der Waals surface area (Å²) < 4.78 is 53.6. The Bertz CT molecular complexity index is 1030. The van der Waals surface area contributed by atoms with Crippen LogP contribution in [0.2, 0.25) is 0 Å². The maximum absolute atomic E-state index is 15.2. The van der Waals surface area contributed by atoms with Crippen molar-refractivity contribution in [2.24, 2.45) is 0 Å². The largest absolute Gasteiger partial charge is 0.416 e. The average molecular weight is 430 g/mol. The molecule has 0 amide bonds. The van der Waals surface area contributed by atoms with Gasteiger partial charge in [-0.25, -0.2) is 0 Å². The van der Waals surface area contributed by atoms with E-state index >= 15 is 4.39 Å². The first-order valence-electron chi connectivity index (χ1n) is 9.83. The molecule has 5 nitrogen and oxygen atoms in total. The number of nitrogens with one attached hydrogen (secondary N) is 1. The van der Waals surface area contributed by atoms with Gasteiger partial charge in [-0.3, -0.25) is 10.3 Å².